The molecule has 3 heterocycles. The predicted octanol–water partition coefficient (Wildman–Crippen LogP) is 3.88. The smallest absolute Gasteiger partial charge is 0.417 e. The fourth-order valence-corrected chi connectivity index (χ4v) is 4.90. The van der Waals surface area contributed by atoms with Crippen LogP contribution in [-0.4, -0.2) is 54.7 Å². The van der Waals surface area contributed by atoms with Gasteiger partial charge in [0.25, 0.3) is 0 Å². The van der Waals surface area contributed by atoms with E-state index in [1.165, 1.54) is 12.5 Å². The van der Waals surface area contributed by atoms with Gasteiger partial charge >= 0.3 is 12.1 Å². The lowest BCUT2D eigenvalue weighted by Crippen LogP contribution is -2.47. The third kappa shape index (κ3) is 4.52. The molecule has 0 aromatic carbocycles. The Labute approximate surface area is 169 Å². The summed E-state index contributed by atoms with van der Waals surface area (Å²) in [4.78, 5) is 20.7. The molecule has 29 heavy (non-hydrogen) atoms. The van der Waals surface area contributed by atoms with Crippen LogP contribution in [0.25, 0.3) is 0 Å². The van der Waals surface area contributed by atoms with Crippen molar-refractivity contribution in [2.45, 2.75) is 57.2 Å². The van der Waals surface area contributed by atoms with Gasteiger partial charge in [-0.1, -0.05) is 19.3 Å². The first kappa shape index (κ1) is 20.4. The second-order valence-corrected chi connectivity index (χ2v) is 8.59. The normalized spacial score (nSPS) is 25.4. The Balaban J connectivity index is 1.23. The van der Waals surface area contributed by atoms with E-state index in [0.29, 0.717) is 5.82 Å². The van der Waals surface area contributed by atoms with Crippen molar-refractivity contribution in [3.63, 3.8) is 0 Å². The summed E-state index contributed by atoms with van der Waals surface area (Å²) in [6.45, 7) is 3.99. The second-order valence-electron chi connectivity index (χ2n) is 8.59. The Kier molecular flexibility index (Phi) is 5.73. The number of ether oxygens (including phenoxy) is 1. The Morgan fingerprint density at radius 1 is 1.10 bits per heavy atom. The third-order valence-electron chi connectivity index (χ3n) is 6.67. The van der Waals surface area contributed by atoms with Crippen molar-refractivity contribution >= 4 is 11.8 Å². The highest BCUT2D eigenvalue weighted by Gasteiger charge is 2.48. The molecule has 4 rings (SSSR count). The van der Waals surface area contributed by atoms with Gasteiger partial charge < -0.3 is 9.64 Å². The number of alkyl halides is 3. The van der Waals surface area contributed by atoms with Crippen molar-refractivity contribution in [2.24, 2.45) is 5.41 Å². The van der Waals surface area contributed by atoms with E-state index in [2.05, 4.69) is 9.88 Å². The van der Waals surface area contributed by atoms with Gasteiger partial charge in [-0.3, -0.25) is 9.69 Å². The minimum atomic E-state index is -4.36. The van der Waals surface area contributed by atoms with Crippen LogP contribution in [0.1, 0.15) is 50.5 Å². The molecule has 160 valence electrons. The topological polar surface area (TPSA) is 45.7 Å². The van der Waals surface area contributed by atoms with Gasteiger partial charge in [-0.05, 0) is 31.4 Å². The number of cyclic esters (lactones) is 1. The molecular formula is C21H28F3N3O2. The molecule has 1 aromatic rings. The highest BCUT2D eigenvalue weighted by molar-refractivity contribution is 5.79. The average Bonchev–Trinajstić information content (AvgIpc) is 3.01. The third-order valence-corrected chi connectivity index (χ3v) is 6.67. The summed E-state index contributed by atoms with van der Waals surface area (Å²) in [6, 6.07) is 2.53. The lowest BCUT2D eigenvalue weighted by molar-refractivity contribution is -0.150. The Morgan fingerprint density at radius 2 is 1.83 bits per heavy atom. The molecule has 3 aliphatic rings. The number of anilines is 1. The summed E-state index contributed by atoms with van der Waals surface area (Å²) in [7, 11) is 0. The summed E-state index contributed by atoms with van der Waals surface area (Å²) in [5, 5.41) is 0. The van der Waals surface area contributed by atoms with Gasteiger partial charge in [0.15, 0.2) is 0 Å². The largest absolute Gasteiger partial charge is 0.462 e. The number of nitrogens with zero attached hydrogens (tertiary/aromatic N) is 3. The van der Waals surface area contributed by atoms with E-state index in [4.69, 9.17) is 4.74 Å². The number of pyridine rings is 1. The van der Waals surface area contributed by atoms with Crippen LogP contribution in [0.3, 0.4) is 0 Å². The van der Waals surface area contributed by atoms with Crippen molar-refractivity contribution in [2.75, 3.05) is 37.6 Å². The minimum absolute atomic E-state index is 0.0143. The van der Waals surface area contributed by atoms with Gasteiger partial charge in [-0.2, -0.15) is 13.2 Å². The number of rotatable bonds is 4. The van der Waals surface area contributed by atoms with Crippen molar-refractivity contribution in [1.82, 2.24) is 9.88 Å². The molecule has 2 saturated heterocycles. The van der Waals surface area contributed by atoms with Crippen molar-refractivity contribution in [3.05, 3.63) is 23.9 Å². The number of hydrogen-bond donors (Lipinski definition) is 0. The zero-order valence-corrected chi connectivity index (χ0v) is 16.6. The maximum atomic E-state index is 12.7. The van der Waals surface area contributed by atoms with Crippen LogP contribution in [0.2, 0.25) is 0 Å². The summed E-state index contributed by atoms with van der Waals surface area (Å²) < 4.78 is 43.7. The molecule has 5 nitrogen and oxygen atoms in total. The molecule has 1 saturated carbocycles. The van der Waals surface area contributed by atoms with Crippen LogP contribution in [0.15, 0.2) is 18.3 Å². The summed E-state index contributed by atoms with van der Waals surface area (Å²) in [5.74, 6) is 0.599. The van der Waals surface area contributed by atoms with E-state index in [-0.39, 0.29) is 17.5 Å². The summed E-state index contributed by atoms with van der Waals surface area (Å²) in [6.07, 6.45) is 3.70. The van der Waals surface area contributed by atoms with Gasteiger partial charge in [-0.25, -0.2) is 4.98 Å². The SMILES string of the molecule is O=C1O[C@@H](CCN2CCN(c3ccc(C(F)(F)F)cn3)CC2)CC12CCCCC2. The van der Waals surface area contributed by atoms with Crippen LogP contribution < -0.4 is 4.90 Å². The number of piperazine rings is 1. The van der Waals surface area contributed by atoms with Crippen molar-refractivity contribution in [3.8, 4) is 0 Å². The Hall–Kier alpha value is -1.83. The van der Waals surface area contributed by atoms with Gasteiger partial charge in [0.2, 0.25) is 0 Å². The molecule has 0 radical (unpaired) electrons. The molecule has 8 heteroatoms. The van der Waals surface area contributed by atoms with E-state index >= 15 is 0 Å². The number of aromatic nitrogens is 1. The molecule has 1 aromatic heterocycles. The molecule has 0 bridgehead atoms. The summed E-state index contributed by atoms with van der Waals surface area (Å²) >= 11 is 0. The van der Waals surface area contributed by atoms with Crippen LogP contribution in [-0.2, 0) is 15.7 Å². The minimum Gasteiger partial charge on any atom is -0.462 e. The zero-order valence-electron chi connectivity index (χ0n) is 16.6. The number of halogens is 3. The van der Waals surface area contributed by atoms with E-state index in [0.717, 1.165) is 83.5 Å². The van der Waals surface area contributed by atoms with E-state index in [1.54, 1.807) is 0 Å². The highest BCUT2D eigenvalue weighted by atomic mass is 19.4. The molecule has 0 amide bonds. The molecule has 2 aliphatic heterocycles. The monoisotopic (exact) mass is 411 g/mol. The fourth-order valence-electron chi connectivity index (χ4n) is 4.90. The molecule has 0 N–H and O–H groups in total. The lowest BCUT2D eigenvalue weighted by atomic mass is 9.72. The first-order chi connectivity index (χ1) is 13.9. The van der Waals surface area contributed by atoms with Gasteiger partial charge in [-0.15, -0.1) is 0 Å². The zero-order chi connectivity index (χ0) is 20.5. The number of carbonyl (C=O) groups excluding carboxylic acids is 1. The maximum Gasteiger partial charge on any atom is 0.417 e. The molecule has 1 aliphatic carbocycles. The van der Waals surface area contributed by atoms with E-state index in [1.807, 2.05) is 4.90 Å². The van der Waals surface area contributed by atoms with E-state index in [9.17, 15) is 18.0 Å². The Bertz CT molecular complexity index is 709. The number of esters is 1. The fraction of sp³-hybridized carbons (Fsp3) is 0.714. The average molecular weight is 411 g/mol. The molecule has 3 fully saturated rings. The van der Waals surface area contributed by atoms with Gasteiger partial charge in [0.1, 0.15) is 11.9 Å². The van der Waals surface area contributed by atoms with Crippen LogP contribution >= 0.6 is 0 Å². The Morgan fingerprint density at radius 3 is 2.45 bits per heavy atom. The molecule has 1 atom stereocenters. The van der Waals surface area contributed by atoms with Crippen LogP contribution in [0, 0.1) is 5.41 Å². The van der Waals surface area contributed by atoms with Gasteiger partial charge in [0, 0.05) is 45.3 Å². The predicted molar refractivity (Wildman–Crippen MR) is 103 cm³/mol. The molecule has 0 unspecified atom stereocenters. The first-order valence-electron chi connectivity index (χ1n) is 10.6. The van der Waals surface area contributed by atoms with E-state index < -0.39 is 11.7 Å². The van der Waals surface area contributed by atoms with Crippen molar-refractivity contribution in [1.29, 1.82) is 0 Å². The number of hydrogen-bond acceptors (Lipinski definition) is 5. The quantitative estimate of drug-likeness (QED) is 0.704. The molecular weight excluding hydrogens is 383 g/mol. The second kappa shape index (κ2) is 8.13. The maximum absolute atomic E-state index is 12.7. The van der Waals surface area contributed by atoms with Gasteiger partial charge in [0.05, 0.1) is 11.0 Å². The summed E-state index contributed by atoms with van der Waals surface area (Å²) in [5.41, 5.74) is -0.933. The molecule has 1 spiro atoms. The standard InChI is InChI=1S/C21H28F3N3O2/c22-21(23,24)16-4-5-18(25-15-16)27-12-10-26(11-13-27)9-6-17-14-20(19(28)29-17)7-2-1-3-8-20/h4-5,15,17H,1-3,6-14H2/t17-/m0/s1. The number of carbonyl (C=O) groups is 1. The van der Waals surface area contributed by atoms with Crippen LogP contribution in [0.4, 0.5) is 19.0 Å². The lowest BCUT2D eigenvalue weighted by Gasteiger charge is -2.35. The van der Waals surface area contributed by atoms with Crippen LogP contribution in [0.5, 0.6) is 0 Å². The van der Waals surface area contributed by atoms with Crippen molar-refractivity contribution < 1.29 is 22.7 Å². The highest BCUT2D eigenvalue weighted by Crippen LogP contribution is 2.46. The first-order valence-corrected chi connectivity index (χ1v) is 10.6.